The van der Waals surface area contributed by atoms with Gasteiger partial charge in [-0.05, 0) is 42.5 Å². The lowest BCUT2D eigenvalue weighted by Gasteiger charge is -2.21. The molecule has 2 aromatic rings. The first-order valence-corrected chi connectivity index (χ1v) is 8.64. The van der Waals surface area contributed by atoms with E-state index in [4.69, 9.17) is 4.42 Å². The molecule has 0 bridgehead atoms. The number of benzene rings is 1. The lowest BCUT2D eigenvalue weighted by atomic mass is 10.0. The molecule has 1 aromatic heterocycles. The second kappa shape index (κ2) is 8.08. The van der Waals surface area contributed by atoms with Crippen molar-refractivity contribution in [3.8, 4) is 0 Å². The Morgan fingerprint density at radius 2 is 2.17 bits per heavy atom. The van der Waals surface area contributed by atoms with Crippen LogP contribution in [0.25, 0.3) is 0 Å². The molecule has 1 atom stereocenters. The number of amides is 2. The summed E-state index contributed by atoms with van der Waals surface area (Å²) in [4.78, 5) is 12.0. The predicted octanol–water partition coefficient (Wildman–Crippen LogP) is 3.56. The van der Waals surface area contributed by atoms with Crippen molar-refractivity contribution in [1.29, 1.82) is 0 Å². The fraction of sp³-hybridized carbons (Fsp3) is 0.353. The van der Waals surface area contributed by atoms with Gasteiger partial charge < -0.3 is 20.2 Å². The summed E-state index contributed by atoms with van der Waals surface area (Å²) in [5, 5.41) is 15.7. The number of hydrogen-bond donors (Lipinski definition) is 3. The Morgan fingerprint density at radius 1 is 1.35 bits per heavy atom. The summed E-state index contributed by atoms with van der Waals surface area (Å²) in [6.45, 7) is 3.76. The Labute approximate surface area is 140 Å². The predicted molar refractivity (Wildman–Crippen MR) is 93.6 cm³/mol. The standard InChI is InChI=1S/C17H22N2O3S/c1-3-23-11-13-6-4-7-14(10-13)19-16(20)18-12-17(2,21)15-8-5-9-22-15/h4-10,21H,3,11-12H2,1-2H3,(H2,18,19,20). The Kier molecular flexibility index (Phi) is 6.12. The molecule has 124 valence electrons. The van der Waals surface area contributed by atoms with Crippen LogP contribution >= 0.6 is 11.8 Å². The SMILES string of the molecule is CCSCc1cccc(NC(=O)NCC(C)(O)c2ccco2)c1. The number of carbonyl (C=O) groups excluding carboxylic acids is 1. The molecule has 1 unspecified atom stereocenters. The van der Waals surface area contributed by atoms with E-state index < -0.39 is 5.60 Å². The minimum Gasteiger partial charge on any atom is -0.466 e. The van der Waals surface area contributed by atoms with Gasteiger partial charge >= 0.3 is 6.03 Å². The molecular formula is C17H22N2O3S. The van der Waals surface area contributed by atoms with Crippen molar-refractivity contribution in [2.45, 2.75) is 25.2 Å². The lowest BCUT2D eigenvalue weighted by Crippen LogP contribution is -2.40. The van der Waals surface area contributed by atoms with Crippen LogP contribution in [0.4, 0.5) is 10.5 Å². The van der Waals surface area contributed by atoms with Crippen LogP contribution in [0.3, 0.4) is 0 Å². The Hall–Kier alpha value is -1.92. The molecule has 2 amide bonds. The van der Waals surface area contributed by atoms with Crippen molar-refractivity contribution in [2.24, 2.45) is 0 Å². The van der Waals surface area contributed by atoms with Crippen molar-refractivity contribution in [3.63, 3.8) is 0 Å². The van der Waals surface area contributed by atoms with E-state index in [1.54, 1.807) is 19.1 Å². The first kappa shape index (κ1) is 17.4. The molecule has 2 rings (SSSR count). The molecule has 0 fully saturated rings. The number of rotatable bonds is 7. The van der Waals surface area contributed by atoms with Crippen molar-refractivity contribution in [3.05, 3.63) is 54.0 Å². The van der Waals surface area contributed by atoms with Crippen molar-refractivity contribution < 1.29 is 14.3 Å². The molecule has 1 aromatic carbocycles. The van der Waals surface area contributed by atoms with Gasteiger partial charge in [-0.1, -0.05) is 19.1 Å². The van der Waals surface area contributed by atoms with Crippen LogP contribution in [0.2, 0.25) is 0 Å². The number of aliphatic hydroxyl groups is 1. The second-order valence-electron chi connectivity index (χ2n) is 5.40. The highest BCUT2D eigenvalue weighted by Gasteiger charge is 2.26. The number of nitrogens with one attached hydrogen (secondary N) is 2. The zero-order chi connectivity index (χ0) is 16.7. The Morgan fingerprint density at radius 3 is 2.87 bits per heavy atom. The maximum Gasteiger partial charge on any atom is 0.319 e. The number of carbonyl (C=O) groups is 1. The van der Waals surface area contributed by atoms with Gasteiger partial charge in [-0.3, -0.25) is 0 Å². The van der Waals surface area contributed by atoms with E-state index in [2.05, 4.69) is 17.6 Å². The van der Waals surface area contributed by atoms with Crippen molar-refractivity contribution in [2.75, 3.05) is 17.6 Å². The monoisotopic (exact) mass is 334 g/mol. The molecule has 6 heteroatoms. The average Bonchev–Trinajstić information content (AvgIpc) is 3.07. The van der Waals surface area contributed by atoms with Crippen LogP contribution < -0.4 is 10.6 Å². The van der Waals surface area contributed by atoms with E-state index in [1.165, 1.54) is 6.26 Å². The normalized spacial score (nSPS) is 13.3. The molecule has 0 saturated carbocycles. The van der Waals surface area contributed by atoms with Crippen LogP contribution in [0.5, 0.6) is 0 Å². The molecule has 0 spiro atoms. The largest absolute Gasteiger partial charge is 0.466 e. The summed E-state index contributed by atoms with van der Waals surface area (Å²) in [5.41, 5.74) is 0.645. The van der Waals surface area contributed by atoms with Gasteiger partial charge in [0.1, 0.15) is 11.4 Å². The van der Waals surface area contributed by atoms with Gasteiger partial charge in [-0.15, -0.1) is 0 Å². The zero-order valence-electron chi connectivity index (χ0n) is 13.3. The topological polar surface area (TPSA) is 74.5 Å². The van der Waals surface area contributed by atoms with Gasteiger partial charge in [-0.2, -0.15) is 11.8 Å². The highest BCUT2D eigenvalue weighted by atomic mass is 32.2. The summed E-state index contributed by atoms with van der Waals surface area (Å²) in [6.07, 6.45) is 1.49. The number of thioether (sulfide) groups is 1. The number of furan rings is 1. The van der Waals surface area contributed by atoms with Gasteiger partial charge in [0, 0.05) is 11.4 Å². The first-order chi connectivity index (χ1) is 11.0. The van der Waals surface area contributed by atoms with Gasteiger partial charge in [0.15, 0.2) is 0 Å². The van der Waals surface area contributed by atoms with E-state index in [9.17, 15) is 9.90 Å². The lowest BCUT2D eigenvalue weighted by molar-refractivity contribution is 0.0372. The van der Waals surface area contributed by atoms with E-state index >= 15 is 0 Å². The van der Waals surface area contributed by atoms with Crippen LogP contribution in [-0.2, 0) is 11.4 Å². The highest BCUT2D eigenvalue weighted by molar-refractivity contribution is 7.98. The fourth-order valence-electron chi connectivity index (χ4n) is 2.06. The van der Waals surface area contributed by atoms with Crippen LogP contribution in [0.15, 0.2) is 47.1 Å². The summed E-state index contributed by atoms with van der Waals surface area (Å²) in [5.74, 6) is 2.39. The molecule has 0 aliphatic carbocycles. The molecule has 0 aliphatic heterocycles. The smallest absolute Gasteiger partial charge is 0.319 e. The van der Waals surface area contributed by atoms with Gasteiger partial charge in [0.25, 0.3) is 0 Å². The fourth-order valence-corrected chi connectivity index (χ4v) is 2.68. The quantitative estimate of drug-likeness (QED) is 0.724. The number of hydrogen-bond acceptors (Lipinski definition) is 4. The van der Waals surface area contributed by atoms with Gasteiger partial charge in [-0.25, -0.2) is 4.79 Å². The maximum absolute atomic E-state index is 12.0. The van der Waals surface area contributed by atoms with Crippen LogP contribution in [-0.4, -0.2) is 23.4 Å². The molecule has 1 heterocycles. The molecule has 23 heavy (non-hydrogen) atoms. The van der Waals surface area contributed by atoms with Crippen molar-refractivity contribution in [1.82, 2.24) is 5.32 Å². The first-order valence-electron chi connectivity index (χ1n) is 7.49. The number of anilines is 1. The molecular weight excluding hydrogens is 312 g/mol. The highest BCUT2D eigenvalue weighted by Crippen LogP contribution is 2.20. The second-order valence-corrected chi connectivity index (χ2v) is 6.67. The zero-order valence-corrected chi connectivity index (χ0v) is 14.2. The van der Waals surface area contributed by atoms with E-state index in [1.807, 2.05) is 36.0 Å². The van der Waals surface area contributed by atoms with Crippen LogP contribution in [0, 0.1) is 0 Å². The van der Waals surface area contributed by atoms with Gasteiger partial charge in [0.05, 0.1) is 12.8 Å². The van der Waals surface area contributed by atoms with Crippen molar-refractivity contribution >= 4 is 23.5 Å². The number of urea groups is 1. The summed E-state index contributed by atoms with van der Waals surface area (Å²) in [6, 6.07) is 10.8. The molecule has 5 nitrogen and oxygen atoms in total. The third-order valence-corrected chi connectivity index (χ3v) is 4.25. The minimum atomic E-state index is -1.25. The minimum absolute atomic E-state index is 0.0533. The third-order valence-electron chi connectivity index (χ3n) is 3.30. The summed E-state index contributed by atoms with van der Waals surface area (Å²) >= 11 is 1.83. The Balaban J connectivity index is 1.87. The molecule has 0 saturated heterocycles. The summed E-state index contributed by atoms with van der Waals surface area (Å²) < 4.78 is 5.18. The molecule has 3 N–H and O–H groups in total. The third kappa shape index (κ3) is 5.33. The molecule has 0 radical (unpaired) electrons. The maximum atomic E-state index is 12.0. The Bertz CT molecular complexity index is 627. The van der Waals surface area contributed by atoms with E-state index in [-0.39, 0.29) is 12.6 Å². The van der Waals surface area contributed by atoms with Gasteiger partial charge in [0.2, 0.25) is 0 Å². The van der Waals surface area contributed by atoms with Crippen LogP contribution in [0.1, 0.15) is 25.2 Å². The molecule has 0 aliphatic rings. The van der Waals surface area contributed by atoms with E-state index in [0.717, 1.165) is 22.8 Å². The van der Waals surface area contributed by atoms with E-state index in [0.29, 0.717) is 5.76 Å². The average molecular weight is 334 g/mol. The summed E-state index contributed by atoms with van der Waals surface area (Å²) in [7, 11) is 0.